The third kappa shape index (κ3) is 3.79. The Balaban J connectivity index is 3.02. The topological polar surface area (TPSA) is 89.3 Å². The molecule has 0 fully saturated rings. The molecule has 0 aliphatic heterocycles. The highest BCUT2D eigenvalue weighted by Crippen LogP contribution is 2.22. The molecule has 0 saturated carbocycles. The second kappa shape index (κ2) is 5.81. The number of hydrogen-bond donors (Lipinski definition) is 2. The van der Waals surface area contributed by atoms with Crippen molar-refractivity contribution >= 4 is 26.5 Å². The molecule has 102 valence electrons. The van der Waals surface area contributed by atoms with E-state index in [4.69, 9.17) is 5.73 Å². The molecule has 0 saturated heterocycles. The zero-order valence-electron chi connectivity index (χ0n) is 10.7. The highest BCUT2D eigenvalue weighted by atomic mass is 32.2. The predicted molar refractivity (Wildman–Crippen MR) is 74.5 cm³/mol. The van der Waals surface area contributed by atoms with Gasteiger partial charge in [0.15, 0.2) is 0 Å². The first-order valence-corrected chi connectivity index (χ1v) is 8.61. The van der Waals surface area contributed by atoms with E-state index in [0.717, 1.165) is 5.56 Å². The molecule has 0 heterocycles. The molecule has 0 radical (unpaired) electrons. The lowest BCUT2D eigenvalue weighted by Crippen LogP contribution is -2.28. The summed E-state index contributed by atoms with van der Waals surface area (Å²) in [7, 11) is -4.62. The van der Waals surface area contributed by atoms with Crippen molar-refractivity contribution in [3.8, 4) is 0 Å². The minimum atomic E-state index is -3.60. The molecule has 0 aromatic heterocycles. The molecule has 18 heavy (non-hydrogen) atoms. The van der Waals surface area contributed by atoms with Gasteiger partial charge >= 0.3 is 0 Å². The van der Waals surface area contributed by atoms with E-state index >= 15 is 0 Å². The molecule has 0 amide bonds. The second-order valence-electron chi connectivity index (χ2n) is 4.15. The normalized spacial score (nSPS) is 13.5. The quantitative estimate of drug-likeness (QED) is 0.775. The van der Waals surface area contributed by atoms with Crippen LogP contribution < -0.4 is 10.5 Å². The van der Waals surface area contributed by atoms with E-state index in [2.05, 4.69) is 4.72 Å². The van der Waals surface area contributed by atoms with Crippen LogP contribution in [0.15, 0.2) is 17.0 Å². The molecule has 1 aromatic rings. The molecule has 1 atom stereocenters. The minimum absolute atomic E-state index is 0.152. The maximum Gasteiger partial charge on any atom is 0.240 e. The first-order chi connectivity index (χ1) is 8.24. The number of rotatable bonds is 5. The van der Waals surface area contributed by atoms with Gasteiger partial charge in [-0.3, -0.25) is 4.21 Å². The lowest BCUT2D eigenvalue weighted by atomic mass is 10.1. The van der Waals surface area contributed by atoms with Gasteiger partial charge in [-0.1, -0.05) is 0 Å². The summed E-state index contributed by atoms with van der Waals surface area (Å²) in [5.74, 6) is 0.291. The van der Waals surface area contributed by atoms with Gasteiger partial charge in [0.2, 0.25) is 10.0 Å². The zero-order chi connectivity index (χ0) is 13.9. The number of nitrogens with one attached hydrogen (secondary N) is 1. The van der Waals surface area contributed by atoms with E-state index in [1.54, 1.807) is 26.0 Å². The summed E-state index contributed by atoms with van der Waals surface area (Å²) < 4.78 is 37.5. The highest BCUT2D eigenvalue weighted by Gasteiger charge is 2.18. The van der Waals surface area contributed by atoms with Crippen molar-refractivity contribution in [1.29, 1.82) is 0 Å². The van der Waals surface area contributed by atoms with Crippen molar-refractivity contribution in [1.82, 2.24) is 4.72 Å². The van der Waals surface area contributed by atoms with Crippen LogP contribution in [0.1, 0.15) is 11.1 Å². The van der Waals surface area contributed by atoms with Crippen LogP contribution in [-0.4, -0.2) is 31.2 Å². The maximum absolute atomic E-state index is 12.1. The fourth-order valence-corrected chi connectivity index (χ4v) is 3.44. The van der Waals surface area contributed by atoms with Crippen molar-refractivity contribution in [3.63, 3.8) is 0 Å². The molecule has 0 bridgehead atoms. The molecule has 7 heteroatoms. The fraction of sp³-hybridized carbons (Fsp3) is 0.455. The van der Waals surface area contributed by atoms with Gasteiger partial charge in [0.25, 0.3) is 0 Å². The molecule has 1 rings (SSSR count). The second-order valence-corrected chi connectivity index (χ2v) is 7.44. The summed E-state index contributed by atoms with van der Waals surface area (Å²) in [6.07, 6.45) is 1.53. The van der Waals surface area contributed by atoms with Crippen LogP contribution in [0.3, 0.4) is 0 Å². The van der Waals surface area contributed by atoms with Gasteiger partial charge in [-0.15, -0.1) is 0 Å². The van der Waals surface area contributed by atoms with Crippen LogP contribution in [0, 0.1) is 13.8 Å². The Morgan fingerprint density at radius 2 is 1.94 bits per heavy atom. The van der Waals surface area contributed by atoms with Gasteiger partial charge in [-0.25, -0.2) is 13.1 Å². The van der Waals surface area contributed by atoms with E-state index in [1.165, 1.54) is 6.26 Å². The highest BCUT2D eigenvalue weighted by molar-refractivity contribution is 7.89. The lowest BCUT2D eigenvalue weighted by Gasteiger charge is -2.11. The van der Waals surface area contributed by atoms with Crippen molar-refractivity contribution in [2.75, 3.05) is 24.3 Å². The third-order valence-electron chi connectivity index (χ3n) is 2.52. The number of aryl methyl sites for hydroxylation is 1. The molecule has 3 N–H and O–H groups in total. The first-order valence-electron chi connectivity index (χ1n) is 5.40. The predicted octanol–water partition coefficient (Wildman–Crippen LogP) is 0.542. The Kier molecular flexibility index (Phi) is 4.89. The number of nitrogens with two attached hydrogens (primary N) is 1. The van der Waals surface area contributed by atoms with Crippen molar-refractivity contribution in [3.05, 3.63) is 23.3 Å². The fourth-order valence-electron chi connectivity index (χ4n) is 1.53. The van der Waals surface area contributed by atoms with Crippen molar-refractivity contribution < 1.29 is 12.6 Å². The summed E-state index contributed by atoms with van der Waals surface area (Å²) >= 11 is 0. The molecule has 1 aromatic carbocycles. The Labute approximate surface area is 110 Å². The lowest BCUT2D eigenvalue weighted by molar-refractivity contribution is 0.583. The van der Waals surface area contributed by atoms with Gasteiger partial charge in [0.1, 0.15) is 0 Å². The molecular weight excluding hydrogens is 272 g/mol. The van der Waals surface area contributed by atoms with E-state index in [0.29, 0.717) is 17.0 Å². The van der Waals surface area contributed by atoms with Gasteiger partial charge < -0.3 is 5.73 Å². The number of nitrogen functional groups attached to an aromatic ring is 1. The SMILES string of the molecule is Cc1cc(N)c(C)c(S(=O)(=O)NCCS(C)=O)c1. The monoisotopic (exact) mass is 290 g/mol. The number of sulfonamides is 1. The molecule has 0 aliphatic rings. The third-order valence-corrected chi connectivity index (χ3v) is 4.88. The van der Waals surface area contributed by atoms with E-state index in [1.807, 2.05) is 0 Å². The first kappa shape index (κ1) is 15.1. The van der Waals surface area contributed by atoms with E-state index in [-0.39, 0.29) is 11.4 Å². The summed E-state index contributed by atoms with van der Waals surface area (Å²) in [5.41, 5.74) is 7.53. The Bertz CT molecular complexity index is 568. The van der Waals surface area contributed by atoms with E-state index in [9.17, 15) is 12.6 Å². The van der Waals surface area contributed by atoms with Crippen LogP contribution in [-0.2, 0) is 20.8 Å². The molecule has 5 nitrogen and oxygen atoms in total. The summed E-state index contributed by atoms with van der Waals surface area (Å²) in [5, 5.41) is 0. The van der Waals surface area contributed by atoms with Crippen LogP contribution in [0.25, 0.3) is 0 Å². The number of hydrogen-bond acceptors (Lipinski definition) is 4. The average Bonchev–Trinajstić information content (AvgIpc) is 2.22. The summed E-state index contributed by atoms with van der Waals surface area (Å²) in [6.45, 7) is 3.61. The number of anilines is 1. The summed E-state index contributed by atoms with van der Waals surface area (Å²) in [6, 6.07) is 3.31. The standard InChI is InChI=1S/C11H18N2O3S2/c1-8-6-10(12)9(2)11(7-8)18(15,16)13-4-5-17(3)14/h6-7,13H,4-5,12H2,1-3H3. The number of benzene rings is 1. The van der Waals surface area contributed by atoms with Gasteiger partial charge in [-0.05, 0) is 37.1 Å². The van der Waals surface area contributed by atoms with Crippen molar-refractivity contribution in [2.45, 2.75) is 18.7 Å². The van der Waals surface area contributed by atoms with Gasteiger partial charge in [0.05, 0.1) is 4.90 Å². The zero-order valence-corrected chi connectivity index (χ0v) is 12.3. The largest absolute Gasteiger partial charge is 0.398 e. The van der Waals surface area contributed by atoms with Crippen LogP contribution in [0.4, 0.5) is 5.69 Å². The molecule has 1 unspecified atom stereocenters. The Morgan fingerprint density at radius 3 is 2.50 bits per heavy atom. The Morgan fingerprint density at radius 1 is 1.33 bits per heavy atom. The van der Waals surface area contributed by atoms with Crippen LogP contribution in [0.2, 0.25) is 0 Å². The molecule has 0 aliphatic carbocycles. The smallest absolute Gasteiger partial charge is 0.240 e. The van der Waals surface area contributed by atoms with Gasteiger partial charge in [0, 0.05) is 35.0 Å². The average molecular weight is 290 g/mol. The summed E-state index contributed by atoms with van der Waals surface area (Å²) in [4.78, 5) is 0.182. The van der Waals surface area contributed by atoms with Crippen molar-refractivity contribution in [2.24, 2.45) is 0 Å². The molecule has 0 spiro atoms. The van der Waals surface area contributed by atoms with Crippen LogP contribution in [0.5, 0.6) is 0 Å². The Hall–Kier alpha value is -0.920. The minimum Gasteiger partial charge on any atom is -0.398 e. The van der Waals surface area contributed by atoms with E-state index < -0.39 is 20.8 Å². The maximum atomic E-state index is 12.1. The van der Waals surface area contributed by atoms with Gasteiger partial charge in [-0.2, -0.15) is 0 Å². The van der Waals surface area contributed by atoms with Crippen LogP contribution >= 0.6 is 0 Å². The molecular formula is C11H18N2O3S2.